The molecule has 0 aliphatic rings. The molecule has 0 spiro atoms. The quantitative estimate of drug-likeness (QED) is 0.0195. The largest absolute Gasteiger partial charge is 0.756 e. The van der Waals surface area contributed by atoms with Crippen molar-refractivity contribution in [3.8, 4) is 0 Å². The molecule has 0 radical (unpaired) electrons. The fourth-order valence-corrected chi connectivity index (χ4v) is 10.9. The summed E-state index contributed by atoms with van der Waals surface area (Å²) in [6, 6.07) is 0. The van der Waals surface area contributed by atoms with Gasteiger partial charge in [-0.15, -0.1) is 0 Å². The number of nitrogens with zero attached hydrogens (tertiary/aromatic N) is 1. The van der Waals surface area contributed by atoms with Gasteiger partial charge in [0.05, 0.1) is 27.7 Å². The fraction of sp³-hybridized carbons (Fsp3) is 0.614. The number of carbonyl (C=O) groups is 2. The second-order valence-corrected chi connectivity index (χ2v) is 28.0. The van der Waals surface area contributed by atoms with Crippen molar-refractivity contribution < 1.29 is 42.1 Å². The lowest BCUT2D eigenvalue weighted by Crippen LogP contribution is -2.37. The van der Waals surface area contributed by atoms with Crippen LogP contribution in [0, 0.1) is 0 Å². The summed E-state index contributed by atoms with van der Waals surface area (Å²) in [4.78, 5) is 38.2. The van der Waals surface area contributed by atoms with Gasteiger partial charge in [0.25, 0.3) is 7.82 Å². The predicted octanol–water partition coefficient (Wildman–Crippen LogP) is 25.8. The minimum absolute atomic E-state index is 0.0405. The maximum Gasteiger partial charge on any atom is 0.306 e. The zero-order chi connectivity index (χ0) is 71.1. The lowest BCUT2D eigenvalue weighted by molar-refractivity contribution is -0.870. The molecule has 0 saturated carbocycles. The molecule has 0 heterocycles. The SMILES string of the molecule is CC/C=C\C/C=C\C/C=C\C/C=C\C/C=C\C/C=C\C/C=C\C/C=C\CCCCCCCCCCCCCCCCCCC(=O)OC(COC(=O)CCCCCCCCCC/C=C\C/C=C\C/C=C\C/C=C\C/C=C\C/C=C\C/C=C\C/C=C\CC)COP(=O)([O-])OCC[N+](C)(C)C. The highest BCUT2D eigenvalue weighted by Gasteiger charge is 2.22. The zero-order valence-electron chi connectivity index (χ0n) is 63.2. The number of allylic oxidation sites excluding steroid dienone is 32. The molecule has 2 atom stereocenters. The molecule has 10 heteroatoms. The highest BCUT2D eigenvalue weighted by Crippen LogP contribution is 2.38. The van der Waals surface area contributed by atoms with Crippen LogP contribution in [0.2, 0.25) is 0 Å². The van der Waals surface area contributed by atoms with E-state index in [-0.39, 0.29) is 26.1 Å². The van der Waals surface area contributed by atoms with Crippen molar-refractivity contribution in [2.75, 3.05) is 47.5 Å². The van der Waals surface area contributed by atoms with Crippen molar-refractivity contribution in [2.24, 2.45) is 0 Å². The summed E-state index contributed by atoms with van der Waals surface area (Å²) in [6.07, 6.45) is 118. The molecule has 0 aromatic heterocycles. The molecule has 9 nitrogen and oxygen atoms in total. The van der Waals surface area contributed by atoms with Crippen LogP contribution in [0.5, 0.6) is 0 Å². The third-order valence-corrected chi connectivity index (χ3v) is 17.1. The molecule has 0 rings (SSSR count). The number of carbonyl (C=O) groups excluding carboxylic acids is 2. The van der Waals surface area contributed by atoms with E-state index in [2.05, 4.69) is 208 Å². The molecule has 0 aromatic rings. The third-order valence-electron chi connectivity index (χ3n) is 16.1. The maximum atomic E-state index is 12.9. The minimum atomic E-state index is -4.66. The van der Waals surface area contributed by atoms with Gasteiger partial charge in [-0.2, -0.15) is 0 Å². The molecule has 0 saturated heterocycles. The molecule has 0 bridgehead atoms. The molecule has 0 aliphatic heterocycles. The monoisotopic (exact) mass is 1370 g/mol. The summed E-state index contributed by atoms with van der Waals surface area (Å²) >= 11 is 0. The fourth-order valence-electron chi connectivity index (χ4n) is 10.2. The van der Waals surface area contributed by atoms with E-state index in [9.17, 15) is 19.0 Å². The van der Waals surface area contributed by atoms with Crippen LogP contribution >= 0.6 is 7.82 Å². The van der Waals surface area contributed by atoms with Gasteiger partial charge in [0.2, 0.25) is 0 Å². The van der Waals surface area contributed by atoms with Crippen LogP contribution in [0.4, 0.5) is 0 Å². The molecular weight excluding hydrogens is 1230 g/mol. The Bertz CT molecular complexity index is 2360. The van der Waals surface area contributed by atoms with E-state index < -0.39 is 32.5 Å². The van der Waals surface area contributed by atoms with Crippen molar-refractivity contribution in [1.29, 1.82) is 0 Å². The molecule has 0 aliphatic carbocycles. The Balaban J connectivity index is 4.06. The van der Waals surface area contributed by atoms with Crippen LogP contribution in [0.1, 0.15) is 296 Å². The highest BCUT2D eigenvalue weighted by atomic mass is 31.2. The van der Waals surface area contributed by atoms with Gasteiger partial charge in [0.1, 0.15) is 19.8 Å². The first-order valence-corrected chi connectivity index (χ1v) is 40.6. The van der Waals surface area contributed by atoms with E-state index >= 15 is 0 Å². The Morgan fingerprint density at radius 3 is 0.816 bits per heavy atom. The second-order valence-electron chi connectivity index (χ2n) is 26.6. The van der Waals surface area contributed by atoms with E-state index in [1.807, 2.05) is 21.1 Å². The Morgan fingerprint density at radius 1 is 0.316 bits per heavy atom. The number of quaternary nitrogens is 1. The number of phosphoric acid groups is 1. The van der Waals surface area contributed by atoms with Crippen LogP contribution in [0.3, 0.4) is 0 Å². The average Bonchev–Trinajstić information content (AvgIpc) is 1.08. The number of ether oxygens (including phenoxy) is 2. The maximum absolute atomic E-state index is 12.9. The summed E-state index contributed by atoms with van der Waals surface area (Å²) in [5.41, 5.74) is 0. The zero-order valence-corrected chi connectivity index (χ0v) is 64.0. The van der Waals surface area contributed by atoms with Crippen LogP contribution in [-0.4, -0.2) is 70.0 Å². The third kappa shape index (κ3) is 79.8. The molecule has 0 fully saturated rings. The molecular formula is C88H144NO8P. The number of hydrogen-bond acceptors (Lipinski definition) is 8. The van der Waals surface area contributed by atoms with Crippen LogP contribution < -0.4 is 4.89 Å². The molecule has 0 N–H and O–H groups in total. The standard InChI is InChI=1S/C88H144NO8P/c1-6-8-10-12-14-16-18-20-22-24-26-28-30-32-34-36-38-40-41-42-43-44-45-46-47-49-51-53-55-57-59-61-63-65-67-69-71-73-75-77-79-81-88(91)97-86(85-96-98(92,93)95-83-82-89(3,4)5)84-94-87(90)80-78-76-74-72-70-68-66-64-62-60-58-56-54-52-50-48-39-37-35-33-31-29-27-25-23-21-19-17-15-13-11-9-7-2/h8-11,14-17,20-23,26-29,32-35,38-40,42-43,45-46,48,52,54,58,60,86H,6-7,12-13,18-19,24-25,30-31,36-37,41,44,47,49-51,53,55-57,59,61-85H2,1-5H3/b10-8-,11-9-,16-14-,17-15-,22-20-,23-21-,28-26-,29-27-,34-32-,35-33-,40-38-,43-42-,46-45-,48-39-,54-52-,60-58-. The van der Waals surface area contributed by atoms with E-state index in [4.69, 9.17) is 18.5 Å². The van der Waals surface area contributed by atoms with Crippen LogP contribution in [-0.2, 0) is 32.7 Å². The smallest absolute Gasteiger partial charge is 0.306 e. The van der Waals surface area contributed by atoms with E-state index in [1.54, 1.807) is 0 Å². The van der Waals surface area contributed by atoms with Crippen molar-refractivity contribution in [3.63, 3.8) is 0 Å². The molecule has 0 amide bonds. The van der Waals surface area contributed by atoms with Gasteiger partial charge >= 0.3 is 11.9 Å². The minimum Gasteiger partial charge on any atom is -0.756 e. The van der Waals surface area contributed by atoms with Gasteiger partial charge in [-0.25, -0.2) is 0 Å². The number of likely N-dealkylation sites (N-methyl/N-ethyl adjacent to an activating group) is 1. The molecule has 0 aromatic carbocycles. The van der Waals surface area contributed by atoms with Crippen molar-refractivity contribution in [3.05, 3.63) is 194 Å². The van der Waals surface area contributed by atoms with Gasteiger partial charge in [0, 0.05) is 12.8 Å². The number of rotatable bonds is 70. The summed E-state index contributed by atoms with van der Waals surface area (Å²) < 4.78 is 34.4. The van der Waals surface area contributed by atoms with Crippen LogP contribution in [0.15, 0.2) is 194 Å². The first kappa shape index (κ1) is 92.8. The van der Waals surface area contributed by atoms with Gasteiger partial charge in [-0.3, -0.25) is 14.2 Å². The predicted molar refractivity (Wildman–Crippen MR) is 424 cm³/mol. The second kappa shape index (κ2) is 76.0. The summed E-state index contributed by atoms with van der Waals surface area (Å²) in [5, 5.41) is 0. The molecule has 2 unspecified atom stereocenters. The van der Waals surface area contributed by atoms with Gasteiger partial charge in [-0.05, 0) is 141 Å². The van der Waals surface area contributed by atoms with Gasteiger partial charge in [-0.1, -0.05) is 337 Å². The normalized spacial score (nSPS) is 14.1. The van der Waals surface area contributed by atoms with E-state index in [0.29, 0.717) is 23.9 Å². The number of hydrogen-bond donors (Lipinski definition) is 0. The Morgan fingerprint density at radius 2 is 0.551 bits per heavy atom. The van der Waals surface area contributed by atoms with Crippen LogP contribution in [0.25, 0.3) is 0 Å². The Labute approximate surface area is 603 Å². The number of esters is 2. The van der Waals surface area contributed by atoms with Crippen molar-refractivity contribution in [2.45, 2.75) is 302 Å². The summed E-state index contributed by atoms with van der Waals surface area (Å²) in [5.74, 6) is -0.848. The Hall–Kier alpha value is -5.15. The lowest BCUT2D eigenvalue weighted by atomic mass is 10.0. The van der Waals surface area contributed by atoms with E-state index in [1.165, 1.54) is 109 Å². The molecule has 554 valence electrons. The Kier molecular flexibility index (Phi) is 72.0. The van der Waals surface area contributed by atoms with Crippen molar-refractivity contribution >= 4 is 19.8 Å². The molecule has 98 heavy (non-hydrogen) atoms. The highest BCUT2D eigenvalue weighted by molar-refractivity contribution is 7.45. The number of phosphoric ester groups is 1. The van der Waals surface area contributed by atoms with Crippen molar-refractivity contribution in [1.82, 2.24) is 0 Å². The van der Waals surface area contributed by atoms with Gasteiger partial charge in [0.15, 0.2) is 6.10 Å². The average molecular weight is 1380 g/mol. The number of unbranched alkanes of at least 4 members (excludes halogenated alkanes) is 24. The van der Waals surface area contributed by atoms with Gasteiger partial charge < -0.3 is 27.9 Å². The lowest BCUT2D eigenvalue weighted by Gasteiger charge is -2.28. The topological polar surface area (TPSA) is 111 Å². The summed E-state index contributed by atoms with van der Waals surface area (Å²) in [7, 11) is 1.15. The van der Waals surface area contributed by atoms with E-state index in [0.717, 1.165) is 148 Å². The first-order valence-electron chi connectivity index (χ1n) is 39.1. The first-order chi connectivity index (χ1) is 48.0. The summed E-state index contributed by atoms with van der Waals surface area (Å²) in [6.45, 7) is 4.00.